The quantitative estimate of drug-likeness (QED) is 0.709. The molecule has 0 bridgehead atoms. The molecule has 1 aliphatic carbocycles. The zero-order chi connectivity index (χ0) is 20.3. The highest BCUT2D eigenvalue weighted by Crippen LogP contribution is 2.37. The summed E-state index contributed by atoms with van der Waals surface area (Å²) in [5.41, 5.74) is 1.96. The van der Waals surface area contributed by atoms with Crippen molar-refractivity contribution < 1.29 is 18.0 Å². The lowest BCUT2D eigenvalue weighted by Gasteiger charge is -2.31. The van der Waals surface area contributed by atoms with Crippen LogP contribution in [-0.4, -0.2) is 32.9 Å². The second-order valence-electron chi connectivity index (χ2n) is 7.29. The molecule has 0 spiro atoms. The number of H-pyrrole nitrogens is 1. The van der Waals surface area contributed by atoms with Crippen LogP contribution in [0.15, 0.2) is 24.3 Å². The van der Waals surface area contributed by atoms with Gasteiger partial charge in [-0.05, 0) is 44.5 Å². The summed E-state index contributed by atoms with van der Waals surface area (Å²) < 4.78 is 40.9. The number of nitrogens with one attached hydrogen (secondary N) is 2. The van der Waals surface area contributed by atoms with E-state index in [1.54, 1.807) is 4.57 Å². The molecule has 1 amide bonds. The number of alkyl halides is 3. The fourth-order valence-electron chi connectivity index (χ4n) is 3.66. The van der Waals surface area contributed by atoms with Crippen LogP contribution in [0.4, 0.5) is 13.2 Å². The second-order valence-corrected chi connectivity index (χ2v) is 7.68. The Morgan fingerprint density at radius 2 is 2.18 bits per heavy atom. The normalized spacial score (nSPS) is 20.1. The Hall–Kier alpha value is -2.16. The van der Waals surface area contributed by atoms with Gasteiger partial charge in [0.05, 0.1) is 5.92 Å². The molecule has 2 N–H and O–H groups in total. The Morgan fingerprint density at radius 3 is 2.89 bits per heavy atom. The second kappa shape index (κ2) is 8.46. The summed E-state index contributed by atoms with van der Waals surface area (Å²) in [6.07, 6.45) is -2.93. The molecule has 3 rings (SSSR count). The van der Waals surface area contributed by atoms with Crippen LogP contribution in [-0.2, 0) is 11.3 Å². The van der Waals surface area contributed by atoms with E-state index in [1.165, 1.54) is 0 Å². The Morgan fingerprint density at radius 1 is 1.39 bits per heavy atom. The SMILES string of the molecule is Cc1cccc(-c2n[nH]c(=S)n2CCC(=O)NC2CCCC(C(F)(F)F)C2)c1. The molecule has 152 valence electrons. The van der Waals surface area contributed by atoms with Gasteiger partial charge in [-0.2, -0.15) is 18.3 Å². The van der Waals surface area contributed by atoms with Crippen molar-refractivity contribution in [1.82, 2.24) is 20.1 Å². The van der Waals surface area contributed by atoms with Crippen LogP contribution >= 0.6 is 12.2 Å². The smallest absolute Gasteiger partial charge is 0.353 e. The highest BCUT2D eigenvalue weighted by molar-refractivity contribution is 7.71. The van der Waals surface area contributed by atoms with Crippen molar-refractivity contribution in [3.05, 3.63) is 34.6 Å². The maximum Gasteiger partial charge on any atom is 0.391 e. The van der Waals surface area contributed by atoms with Gasteiger partial charge in [0.25, 0.3) is 0 Å². The minimum absolute atomic E-state index is 0.0467. The maximum absolute atomic E-state index is 12.9. The van der Waals surface area contributed by atoms with Crippen molar-refractivity contribution >= 4 is 18.1 Å². The van der Waals surface area contributed by atoms with E-state index in [2.05, 4.69) is 15.5 Å². The molecule has 28 heavy (non-hydrogen) atoms. The van der Waals surface area contributed by atoms with E-state index in [0.717, 1.165) is 11.1 Å². The fraction of sp³-hybridized carbons (Fsp3) is 0.526. The van der Waals surface area contributed by atoms with Gasteiger partial charge in [0.1, 0.15) is 0 Å². The van der Waals surface area contributed by atoms with E-state index < -0.39 is 18.1 Å². The van der Waals surface area contributed by atoms with Gasteiger partial charge in [-0.25, -0.2) is 0 Å². The standard InChI is InChI=1S/C19H23F3N4OS/c1-12-4-2-5-13(10-12)17-24-25-18(28)26(17)9-8-16(27)23-15-7-3-6-14(11-15)19(20,21)22/h2,4-5,10,14-15H,3,6-9,11H2,1H3,(H,23,27)(H,25,28). The largest absolute Gasteiger partial charge is 0.391 e. The first-order valence-electron chi connectivity index (χ1n) is 9.32. The number of halogens is 3. The van der Waals surface area contributed by atoms with Gasteiger partial charge in [-0.15, -0.1) is 0 Å². The summed E-state index contributed by atoms with van der Waals surface area (Å²) in [6, 6.07) is 7.34. The first-order chi connectivity index (χ1) is 13.2. The van der Waals surface area contributed by atoms with Crippen molar-refractivity contribution in [3.63, 3.8) is 0 Å². The molecule has 0 aliphatic heterocycles. The van der Waals surface area contributed by atoms with Crippen LogP contribution in [0, 0.1) is 17.6 Å². The number of aromatic amines is 1. The molecule has 9 heteroatoms. The molecule has 5 nitrogen and oxygen atoms in total. The molecule has 0 radical (unpaired) electrons. The fourth-order valence-corrected chi connectivity index (χ4v) is 3.88. The number of aryl methyl sites for hydroxylation is 1. The number of carbonyl (C=O) groups is 1. The molecule has 1 saturated carbocycles. The van der Waals surface area contributed by atoms with Crippen LogP contribution < -0.4 is 5.32 Å². The third-order valence-electron chi connectivity index (χ3n) is 5.10. The van der Waals surface area contributed by atoms with E-state index in [9.17, 15) is 18.0 Å². The number of amides is 1. The average Bonchev–Trinajstić information content (AvgIpc) is 3.00. The average molecular weight is 412 g/mol. The summed E-state index contributed by atoms with van der Waals surface area (Å²) in [5.74, 6) is -0.968. The summed E-state index contributed by atoms with van der Waals surface area (Å²) in [7, 11) is 0. The number of hydrogen-bond acceptors (Lipinski definition) is 3. The summed E-state index contributed by atoms with van der Waals surface area (Å²) >= 11 is 5.26. The molecule has 0 saturated heterocycles. The highest BCUT2D eigenvalue weighted by Gasteiger charge is 2.42. The molecule has 1 aromatic heterocycles. The predicted octanol–water partition coefficient (Wildman–Crippen LogP) is 4.54. The van der Waals surface area contributed by atoms with Gasteiger partial charge in [-0.1, -0.05) is 30.2 Å². The minimum Gasteiger partial charge on any atom is -0.353 e. The molecular weight excluding hydrogens is 389 g/mol. The number of hydrogen-bond donors (Lipinski definition) is 2. The van der Waals surface area contributed by atoms with E-state index >= 15 is 0 Å². The van der Waals surface area contributed by atoms with Crippen molar-refractivity contribution in [3.8, 4) is 11.4 Å². The number of carbonyl (C=O) groups excluding carboxylic acids is 1. The van der Waals surface area contributed by atoms with Gasteiger partial charge in [0, 0.05) is 24.6 Å². The van der Waals surface area contributed by atoms with Gasteiger partial charge < -0.3 is 5.32 Å². The minimum atomic E-state index is -4.20. The first kappa shape index (κ1) is 20.6. The lowest BCUT2D eigenvalue weighted by molar-refractivity contribution is -0.184. The van der Waals surface area contributed by atoms with Gasteiger partial charge in [-0.3, -0.25) is 14.5 Å². The zero-order valence-electron chi connectivity index (χ0n) is 15.6. The first-order valence-corrected chi connectivity index (χ1v) is 9.73. The van der Waals surface area contributed by atoms with Crippen molar-refractivity contribution in [2.75, 3.05) is 0 Å². The molecule has 1 fully saturated rings. The van der Waals surface area contributed by atoms with Gasteiger partial charge >= 0.3 is 6.18 Å². The Kier molecular flexibility index (Phi) is 6.22. The maximum atomic E-state index is 12.9. The number of benzene rings is 1. The van der Waals surface area contributed by atoms with Crippen LogP contribution in [0.25, 0.3) is 11.4 Å². The Balaban J connectivity index is 1.61. The molecule has 2 atom stereocenters. The Bertz CT molecular complexity index is 890. The van der Waals surface area contributed by atoms with Crippen LogP contribution in [0.2, 0.25) is 0 Å². The van der Waals surface area contributed by atoms with Crippen LogP contribution in [0.1, 0.15) is 37.7 Å². The molecule has 1 aliphatic rings. The van der Waals surface area contributed by atoms with Crippen molar-refractivity contribution in [1.29, 1.82) is 0 Å². The molecule has 2 unspecified atom stereocenters. The van der Waals surface area contributed by atoms with Crippen molar-refractivity contribution in [2.45, 2.75) is 57.8 Å². The van der Waals surface area contributed by atoms with Crippen molar-refractivity contribution in [2.24, 2.45) is 5.92 Å². The van der Waals surface area contributed by atoms with Crippen LogP contribution in [0.5, 0.6) is 0 Å². The highest BCUT2D eigenvalue weighted by atomic mass is 32.1. The Labute approximate surface area is 166 Å². The molecule has 2 aromatic rings. The summed E-state index contributed by atoms with van der Waals surface area (Å²) in [4.78, 5) is 12.3. The van der Waals surface area contributed by atoms with E-state index in [0.29, 0.717) is 30.0 Å². The topological polar surface area (TPSA) is 62.7 Å². The van der Waals surface area contributed by atoms with E-state index in [-0.39, 0.29) is 25.2 Å². The third kappa shape index (κ3) is 5.01. The number of nitrogens with zero attached hydrogens (tertiary/aromatic N) is 2. The summed E-state index contributed by atoms with van der Waals surface area (Å²) in [5, 5.41) is 9.74. The van der Waals surface area contributed by atoms with Gasteiger partial charge in [0.15, 0.2) is 10.6 Å². The molecule has 1 heterocycles. The molecule has 1 aromatic carbocycles. The van der Waals surface area contributed by atoms with E-state index in [4.69, 9.17) is 12.2 Å². The van der Waals surface area contributed by atoms with Gasteiger partial charge in [0.2, 0.25) is 5.91 Å². The molecular formula is C19H23F3N4OS. The lowest BCUT2D eigenvalue weighted by Crippen LogP contribution is -2.41. The number of aromatic nitrogens is 3. The van der Waals surface area contributed by atoms with E-state index in [1.807, 2.05) is 31.2 Å². The van der Waals surface area contributed by atoms with Crippen LogP contribution in [0.3, 0.4) is 0 Å². The monoisotopic (exact) mass is 412 g/mol. The predicted molar refractivity (Wildman–Crippen MR) is 102 cm³/mol. The zero-order valence-corrected chi connectivity index (χ0v) is 16.4. The number of rotatable bonds is 5. The summed E-state index contributed by atoms with van der Waals surface area (Å²) in [6.45, 7) is 2.28. The third-order valence-corrected chi connectivity index (χ3v) is 5.41. The lowest BCUT2D eigenvalue weighted by atomic mass is 9.85.